The van der Waals surface area contributed by atoms with Crippen molar-refractivity contribution in [2.75, 3.05) is 17.2 Å². The number of nitrogens with zero attached hydrogens (tertiary/aromatic N) is 2. The quantitative estimate of drug-likeness (QED) is 0.769. The third-order valence-corrected chi connectivity index (χ3v) is 2.20. The summed E-state index contributed by atoms with van der Waals surface area (Å²) >= 11 is 0. The number of hydrogen-bond donors (Lipinski definition) is 3. The summed E-state index contributed by atoms with van der Waals surface area (Å²) in [6, 6.07) is 1.14. The highest BCUT2D eigenvalue weighted by molar-refractivity contribution is 6.07. The van der Waals surface area contributed by atoms with Crippen molar-refractivity contribution in [3.63, 3.8) is 0 Å². The van der Waals surface area contributed by atoms with E-state index in [4.69, 9.17) is 0 Å². The summed E-state index contributed by atoms with van der Waals surface area (Å²) in [6.45, 7) is 2.45. The molecule has 2 heterocycles. The van der Waals surface area contributed by atoms with Crippen LogP contribution < -0.4 is 10.6 Å². The molecule has 0 fully saturated rings. The minimum atomic E-state index is -0.561. The molecule has 0 aliphatic rings. The van der Waals surface area contributed by atoms with Gasteiger partial charge >= 0.3 is 0 Å². The molecule has 6 nitrogen and oxygen atoms in total. The van der Waals surface area contributed by atoms with Gasteiger partial charge in [0, 0.05) is 12.7 Å². The fourth-order valence-electron chi connectivity index (χ4n) is 1.44. The zero-order valence-electron chi connectivity index (χ0n) is 9.70. The van der Waals surface area contributed by atoms with Gasteiger partial charge in [0.15, 0.2) is 0 Å². The van der Waals surface area contributed by atoms with Crippen LogP contribution in [0.4, 0.5) is 15.9 Å². The largest absolute Gasteiger partial charge is 0.370 e. The number of aromatic nitrogens is 3. The predicted octanol–water partition coefficient (Wildman–Crippen LogP) is 1.63. The van der Waals surface area contributed by atoms with E-state index >= 15 is 0 Å². The monoisotopic (exact) mass is 249 g/mol. The number of amides is 1. The van der Waals surface area contributed by atoms with Gasteiger partial charge in [-0.05, 0) is 13.0 Å². The van der Waals surface area contributed by atoms with Crippen LogP contribution >= 0.6 is 0 Å². The van der Waals surface area contributed by atoms with E-state index in [2.05, 4.69) is 25.8 Å². The maximum absolute atomic E-state index is 13.1. The third-order valence-electron chi connectivity index (χ3n) is 2.20. The van der Waals surface area contributed by atoms with Crippen molar-refractivity contribution in [2.24, 2.45) is 0 Å². The molecule has 0 aliphatic heterocycles. The van der Waals surface area contributed by atoms with Crippen LogP contribution in [0.5, 0.6) is 0 Å². The molecule has 1 amide bonds. The second-order valence-corrected chi connectivity index (χ2v) is 3.52. The van der Waals surface area contributed by atoms with Crippen LogP contribution in [0.25, 0.3) is 0 Å². The van der Waals surface area contributed by atoms with Crippen LogP contribution in [0.2, 0.25) is 0 Å². The smallest absolute Gasteiger partial charge is 0.259 e. The number of hydrogen-bond acceptors (Lipinski definition) is 4. The van der Waals surface area contributed by atoms with Gasteiger partial charge in [-0.2, -0.15) is 5.10 Å². The van der Waals surface area contributed by atoms with Gasteiger partial charge < -0.3 is 10.6 Å². The highest BCUT2D eigenvalue weighted by atomic mass is 19.1. The molecule has 2 aromatic rings. The lowest BCUT2D eigenvalue weighted by molar-refractivity contribution is 0.102. The van der Waals surface area contributed by atoms with Gasteiger partial charge in [-0.25, -0.2) is 9.37 Å². The Labute approximate surface area is 103 Å². The van der Waals surface area contributed by atoms with Gasteiger partial charge in [0.25, 0.3) is 5.91 Å². The Kier molecular flexibility index (Phi) is 3.52. The molecule has 7 heteroatoms. The van der Waals surface area contributed by atoms with Crippen LogP contribution in [-0.2, 0) is 0 Å². The summed E-state index contributed by atoms with van der Waals surface area (Å²) in [6.07, 6.45) is 4.04. The van der Waals surface area contributed by atoms with Crippen molar-refractivity contribution in [3.05, 3.63) is 36.0 Å². The van der Waals surface area contributed by atoms with E-state index in [0.717, 1.165) is 12.3 Å². The first-order chi connectivity index (χ1) is 8.70. The Morgan fingerprint density at radius 2 is 2.33 bits per heavy atom. The van der Waals surface area contributed by atoms with Crippen LogP contribution in [0.1, 0.15) is 17.3 Å². The Bertz CT molecular complexity index is 540. The van der Waals surface area contributed by atoms with Gasteiger partial charge in [-0.15, -0.1) is 0 Å². The molecule has 0 bridgehead atoms. The van der Waals surface area contributed by atoms with Gasteiger partial charge in [-0.3, -0.25) is 9.89 Å². The normalized spacial score (nSPS) is 10.1. The first-order valence-electron chi connectivity index (χ1n) is 5.40. The number of carbonyl (C=O) groups is 1. The van der Waals surface area contributed by atoms with Gasteiger partial charge in [0.2, 0.25) is 0 Å². The average Bonchev–Trinajstić information content (AvgIpc) is 2.84. The number of halogens is 1. The number of rotatable bonds is 4. The molecule has 0 spiro atoms. The van der Waals surface area contributed by atoms with E-state index in [1.165, 1.54) is 12.4 Å². The molecule has 2 rings (SSSR count). The van der Waals surface area contributed by atoms with Crippen LogP contribution in [0.15, 0.2) is 24.7 Å². The van der Waals surface area contributed by atoms with Gasteiger partial charge in [-0.1, -0.05) is 0 Å². The average molecular weight is 249 g/mol. The summed E-state index contributed by atoms with van der Waals surface area (Å²) in [5, 5.41) is 11.8. The van der Waals surface area contributed by atoms with E-state index in [1.54, 1.807) is 0 Å². The Hall–Kier alpha value is -2.44. The summed E-state index contributed by atoms with van der Waals surface area (Å²) < 4.78 is 13.1. The number of aromatic amines is 1. The van der Waals surface area contributed by atoms with E-state index in [0.29, 0.717) is 18.1 Å². The summed E-state index contributed by atoms with van der Waals surface area (Å²) in [7, 11) is 0. The number of nitrogens with one attached hydrogen (secondary N) is 3. The van der Waals surface area contributed by atoms with Crippen molar-refractivity contribution in [2.45, 2.75) is 6.92 Å². The second-order valence-electron chi connectivity index (χ2n) is 3.52. The Morgan fingerprint density at radius 3 is 3.00 bits per heavy atom. The highest BCUT2D eigenvalue weighted by Gasteiger charge is 2.14. The number of H-pyrrole nitrogens is 1. The maximum atomic E-state index is 13.1. The van der Waals surface area contributed by atoms with Crippen molar-refractivity contribution in [3.8, 4) is 0 Å². The first-order valence-corrected chi connectivity index (χ1v) is 5.40. The van der Waals surface area contributed by atoms with E-state index in [1.807, 2.05) is 6.92 Å². The predicted molar refractivity (Wildman–Crippen MR) is 64.9 cm³/mol. The summed E-state index contributed by atoms with van der Waals surface area (Å²) in [4.78, 5) is 15.8. The Balaban J connectivity index is 2.25. The zero-order valence-corrected chi connectivity index (χ0v) is 9.70. The fourth-order valence-corrected chi connectivity index (χ4v) is 1.44. The van der Waals surface area contributed by atoms with E-state index < -0.39 is 11.7 Å². The van der Waals surface area contributed by atoms with Crippen molar-refractivity contribution < 1.29 is 9.18 Å². The van der Waals surface area contributed by atoms with Crippen LogP contribution in [0, 0.1) is 5.82 Å². The molecule has 0 atom stereocenters. The zero-order chi connectivity index (χ0) is 13.0. The topological polar surface area (TPSA) is 82.7 Å². The molecule has 18 heavy (non-hydrogen) atoms. The molecule has 0 radical (unpaired) electrons. The van der Waals surface area contributed by atoms with Gasteiger partial charge in [0.05, 0.1) is 23.6 Å². The minimum absolute atomic E-state index is 0.151. The van der Waals surface area contributed by atoms with Crippen LogP contribution in [0.3, 0.4) is 0 Å². The molecular weight excluding hydrogens is 237 g/mol. The molecule has 2 aromatic heterocycles. The molecule has 0 aromatic carbocycles. The van der Waals surface area contributed by atoms with Crippen molar-refractivity contribution in [1.29, 1.82) is 0 Å². The minimum Gasteiger partial charge on any atom is -0.370 e. The first kappa shape index (κ1) is 12.0. The maximum Gasteiger partial charge on any atom is 0.259 e. The Morgan fingerprint density at radius 1 is 1.50 bits per heavy atom. The second kappa shape index (κ2) is 5.26. The molecule has 3 N–H and O–H groups in total. The van der Waals surface area contributed by atoms with E-state index in [-0.39, 0.29) is 5.56 Å². The number of pyridine rings is 1. The standard InChI is InChI=1S/C11H12FN5O/c1-2-13-10-9(3-7(12)4-14-10)11(18)17-8-5-15-16-6-8/h3-6H,2H2,1H3,(H,13,14)(H,15,16)(H,17,18). The lowest BCUT2D eigenvalue weighted by Crippen LogP contribution is -2.16. The fraction of sp³-hybridized carbons (Fsp3) is 0.182. The lowest BCUT2D eigenvalue weighted by Gasteiger charge is -2.09. The van der Waals surface area contributed by atoms with Crippen molar-refractivity contribution >= 4 is 17.4 Å². The van der Waals surface area contributed by atoms with Crippen molar-refractivity contribution in [1.82, 2.24) is 15.2 Å². The number of carbonyl (C=O) groups excluding carboxylic acids is 1. The van der Waals surface area contributed by atoms with E-state index in [9.17, 15) is 9.18 Å². The molecular formula is C11H12FN5O. The van der Waals surface area contributed by atoms with Crippen LogP contribution in [-0.4, -0.2) is 27.6 Å². The summed E-state index contributed by atoms with van der Waals surface area (Å²) in [5.41, 5.74) is 0.657. The molecule has 0 saturated carbocycles. The number of anilines is 2. The molecule has 0 aliphatic carbocycles. The molecule has 0 saturated heterocycles. The summed E-state index contributed by atoms with van der Waals surface area (Å²) in [5.74, 6) is -0.659. The molecule has 0 unspecified atom stereocenters. The van der Waals surface area contributed by atoms with Gasteiger partial charge in [0.1, 0.15) is 11.6 Å². The highest BCUT2D eigenvalue weighted by Crippen LogP contribution is 2.15. The lowest BCUT2D eigenvalue weighted by atomic mass is 10.2. The third kappa shape index (κ3) is 2.62. The molecule has 94 valence electrons. The SMILES string of the molecule is CCNc1ncc(F)cc1C(=O)Nc1cn[nH]c1.